The molecule has 0 aromatic heterocycles. The van der Waals surface area contributed by atoms with E-state index in [0.717, 1.165) is 0 Å². The van der Waals surface area contributed by atoms with E-state index in [4.69, 9.17) is 10.8 Å². The van der Waals surface area contributed by atoms with Crippen molar-refractivity contribution in [2.24, 2.45) is 5.73 Å². The zero-order valence-corrected chi connectivity index (χ0v) is 7.67. The van der Waals surface area contributed by atoms with Crippen LogP contribution < -0.4 is 10.5 Å². The fourth-order valence-electron chi connectivity index (χ4n) is 0.532. The number of sulfonamides is 1. The first kappa shape index (κ1) is 11.8. The van der Waals surface area contributed by atoms with E-state index in [-0.39, 0.29) is 0 Å². The zero-order valence-electron chi connectivity index (χ0n) is 6.85. The van der Waals surface area contributed by atoms with Gasteiger partial charge in [0.05, 0.1) is 6.04 Å². The van der Waals surface area contributed by atoms with Gasteiger partial charge in [0.15, 0.2) is 5.75 Å². The molecule has 1 unspecified atom stereocenters. The predicted octanol–water partition coefficient (Wildman–Crippen LogP) is -2.14. The second-order valence-electron chi connectivity index (χ2n) is 2.39. The Hall–Kier alpha value is -1.15. The number of primary amides is 1. The summed E-state index contributed by atoms with van der Waals surface area (Å²) in [6.07, 6.45) is 0. The molecule has 0 aliphatic carbocycles. The Kier molecular flexibility index (Phi) is 3.82. The van der Waals surface area contributed by atoms with E-state index in [1.807, 2.05) is 0 Å². The van der Waals surface area contributed by atoms with Gasteiger partial charge in [-0.1, -0.05) is 0 Å². The molecule has 0 fully saturated rings. The molecule has 0 saturated carbocycles. The molecule has 0 aromatic carbocycles. The maximum atomic E-state index is 10.9. The molecule has 0 radical (unpaired) electrons. The van der Waals surface area contributed by atoms with Gasteiger partial charge >= 0.3 is 5.97 Å². The van der Waals surface area contributed by atoms with Gasteiger partial charge in [-0.2, -0.15) is 0 Å². The lowest BCUT2D eigenvalue weighted by Gasteiger charge is -2.08. The minimum atomic E-state index is -3.98. The van der Waals surface area contributed by atoms with Crippen LogP contribution in [0.25, 0.3) is 0 Å². The third-order valence-corrected chi connectivity index (χ3v) is 2.44. The summed E-state index contributed by atoms with van der Waals surface area (Å²) in [5.74, 6) is -3.44. The van der Waals surface area contributed by atoms with Crippen molar-refractivity contribution in [2.75, 3.05) is 5.75 Å². The summed E-state index contributed by atoms with van der Waals surface area (Å²) >= 11 is 0. The van der Waals surface area contributed by atoms with E-state index < -0.39 is 33.7 Å². The lowest BCUT2D eigenvalue weighted by molar-refractivity contribution is -0.134. The summed E-state index contributed by atoms with van der Waals surface area (Å²) in [4.78, 5) is 20.4. The van der Waals surface area contributed by atoms with E-state index in [1.165, 1.54) is 6.92 Å². The summed E-state index contributed by atoms with van der Waals surface area (Å²) in [5, 5.41) is 8.17. The van der Waals surface area contributed by atoms with Gasteiger partial charge in [-0.25, -0.2) is 13.1 Å². The minimum Gasteiger partial charge on any atom is -0.480 e. The van der Waals surface area contributed by atoms with E-state index in [0.29, 0.717) is 0 Å². The second kappa shape index (κ2) is 4.19. The molecular weight excluding hydrogens is 200 g/mol. The van der Waals surface area contributed by atoms with E-state index >= 15 is 0 Å². The predicted molar refractivity (Wildman–Crippen MR) is 43.2 cm³/mol. The molecular formula is C5H10N2O5S. The number of hydrogen-bond donors (Lipinski definition) is 3. The first-order chi connectivity index (χ1) is 5.74. The molecule has 1 amide bonds. The molecule has 0 rings (SSSR count). The zero-order chi connectivity index (χ0) is 10.6. The molecule has 0 heterocycles. The molecule has 76 valence electrons. The van der Waals surface area contributed by atoms with Gasteiger partial charge in [-0.3, -0.25) is 9.59 Å². The van der Waals surface area contributed by atoms with Gasteiger partial charge in [0, 0.05) is 0 Å². The lowest BCUT2D eigenvalue weighted by Crippen LogP contribution is -2.44. The smallest absolute Gasteiger partial charge is 0.320 e. The molecule has 0 aliphatic rings. The van der Waals surface area contributed by atoms with Crippen LogP contribution in [0.4, 0.5) is 0 Å². The van der Waals surface area contributed by atoms with Crippen LogP contribution in [0.2, 0.25) is 0 Å². The van der Waals surface area contributed by atoms with Crippen LogP contribution >= 0.6 is 0 Å². The van der Waals surface area contributed by atoms with Gasteiger partial charge in [0.2, 0.25) is 15.9 Å². The Morgan fingerprint density at radius 1 is 1.54 bits per heavy atom. The average Bonchev–Trinajstić information content (AvgIpc) is 1.81. The first-order valence-electron chi connectivity index (χ1n) is 3.25. The van der Waals surface area contributed by atoms with Gasteiger partial charge in [0.1, 0.15) is 0 Å². The normalized spacial score (nSPS) is 13.6. The molecule has 0 aliphatic heterocycles. The number of nitrogens with one attached hydrogen (secondary N) is 1. The van der Waals surface area contributed by atoms with E-state index in [9.17, 15) is 18.0 Å². The molecule has 7 nitrogen and oxygen atoms in total. The Bertz CT molecular complexity index is 309. The Morgan fingerprint density at radius 2 is 2.00 bits per heavy atom. The highest BCUT2D eigenvalue weighted by atomic mass is 32.2. The van der Waals surface area contributed by atoms with Crippen molar-refractivity contribution >= 4 is 21.9 Å². The van der Waals surface area contributed by atoms with Crippen LogP contribution in [0, 0.1) is 0 Å². The number of carbonyl (C=O) groups excluding carboxylic acids is 1. The van der Waals surface area contributed by atoms with Crippen molar-refractivity contribution in [1.29, 1.82) is 0 Å². The van der Waals surface area contributed by atoms with E-state index in [2.05, 4.69) is 0 Å². The van der Waals surface area contributed by atoms with Crippen molar-refractivity contribution in [3.8, 4) is 0 Å². The largest absolute Gasteiger partial charge is 0.480 e. The fraction of sp³-hybridized carbons (Fsp3) is 0.600. The van der Waals surface area contributed by atoms with Crippen molar-refractivity contribution in [1.82, 2.24) is 4.72 Å². The van der Waals surface area contributed by atoms with E-state index in [1.54, 1.807) is 4.72 Å². The number of rotatable bonds is 5. The van der Waals surface area contributed by atoms with Crippen LogP contribution in [-0.2, 0) is 19.6 Å². The average molecular weight is 210 g/mol. The summed E-state index contributed by atoms with van der Waals surface area (Å²) in [6.45, 7) is 1.22. The molecule has 13 heavy (non-hydrogen) atoms. The standard InChI is InChI=1S/C5H10N2O5S/c1-3(5(6)10)7-13(11,12)2-4(8)9/h3,7H,2H2,1H3,(H2,6,10)(H,8,9). The summed E-state index contributed by atoms with van der Waals surface area (Å²) < 4.78 is 23.5. The maximum Gasteiger partial charge on any atom is 0.320 e. The maximum absolute atomic E-state index is 10.9. The van der Waals surface area contributed by atoms with Crippen LogP contribution in [0.5, 0.6) is 0 Å². The van der Waals surface area contributed by atoms with Gasteiger partial charge in [0.25, 0.3) is 0 Å². The molecule has 0 bridgehead atoms. The number of amides is 1. The Balaban J connectivity index is 4.35. The molecule has 0 saturated heterocycles. The van der Waals surface area contributed by atoms with Crippen LogP contribution in [-0.4, -0.2) is 37.2 Å². The van der Waals surface area contributed by atoms with Crippen molar-refractivity contribution in [3.63, 3.8) is 0 Å². The quantitative estimate of drug-likeness (QED) is 0.477. The Morgan fingerprint density at radius 3 is 2.31 bits per heavy atom. The van der Waals surface area contributed by atoms with Crippen molar-refractivity contribution in [2.45, 2.75) is 13.0 Å². The van der Waals surface area contributed by atoms with Gasteiger partial charge < -0.3 is 10.8 Å². The monoisotopic (exact) mass is 210 g/mol. The summed E-state index contributed by atoms with van der Waals surface area (Å²) in [7, 11) is -3.98. The third kappa shape index (κ3) is 5.15. The topological polar surface area (TPSA) is 127 Å². The number of carbonyl (C=O) groups is 2. The Labute approximate surface area is 75.0 Å². The van der Waals surface area contributed by atoms with Crippen molar-refractivity contribution in [3.05, 3.63) is 0 Å². The molecule has 1 atom stereocenters. The minimum absolute atomic E-state index is 0.867. The van der Waals surface area contributed by atoms with Crippen LogP contribution in [0.15, 0.2) is 0 Å². The number of nitrogens with two attached hydrogens (primary N) is 1. The molecule has 0 aromatic rings. The molecule has 0 spiro atoms. The SMILES string of the molecule is CC(NS(=O)(=O)CC(=O)O)C(N)=O. The number of carboxylic acid groups (broad SMARTS) is 1. The first-order valence-corrected chi connectivity index (χ1v) is 4.91. The second-order valence-corrected chi connectivity index (χ2v) is 4.15. The van der Waals surface area contributed by atoms with Crippen LogP contribution in [0.3, 0.4) is 0 Å². The van der Waals surface area contributed by atoms with Gasteiger partial charge in [-0.15, -0.1) is 0 Å². The number of aliphatic carboxylic acids is 1. The van der Waals surface area contributed by atoms with Gasteiger partial charge in [-0.05, 0) is 6.92 Å². The summed E-state index contributed by atoms with van der Waals surface area (Å²) in [5.41, 5.74) is 4.76. The fourth-order valence-corrected chi connectivity index (χ4v) is 1.59. The number of hydrogen-bond acceptors (Lipinski definition) is 4. The molecule has 8 heteroatoms. The summed E-state index contributed by atoms with van der Waals surface area (Å²) in [6, 6.07) is -1.11. The van der Waals surface area contributed by atoms with Crippen LogP contribution in [0.1, 0.15) is 6.92 Å². The highest BCUT2D eigenvalue weighted by Gasteiger charge is 2.20. The van der Waals surface area contributed by atoms with Crippen molar-refractivity contribution < 1.29 is 23.1 Å². The third-order valence-electron chi connectivity index (χ3n) is 1.10. The highest BCUT2D eigenvalue weighted by molar-refractivity contribution is 7.90. The molecule has 4 N–H and O–H groups in total. The number of carboxylic acids is 1. The highest BCUT2D eigenvalue weighted by Crippen LogP contribution is 1.88. The lowest BCUT2D eigenvalue weighted by atomic mass is 10.4.